The summed E-state index contributed by atoms with van der Waals surface area (Å²) in [7, 11) is 0. The van der Waals surface area contributed by atoms with Gasteiger partial charge in [0.05, 0.1) is 13.1 Å². The van der Waals surface area contributed by atoms with Gasteiger partial charge in [-0.05, 0) is 6.07 Å². The molecule has 0 aliphatic carbocycles. The Kier molecular flexibility index (Phi) is 6.96. The van der Waals surface area contributed by atoms with E-state index in [2.05, 4.69) is 25.1 Å². The van der Waals surface area contributed by atoms with Crippen molar-refractivity contribution in [2.45, 2.75) is 19.6 Å². The van der Waals surface area contributed by atoms with Crippen LogP contribution >= 0.6 is 12.4 Å². The van der Waals surface area contributed by atoms with Gasteiger partial charge in [0.2, 0.25) is 0 Å². The second kappa shape index (κ2) is 9.19. The van der Waals surface area contributed by atoms with E-state index in [0.29, 0.717) is 38.3 Å². The summed E-state index contributed by atoms with van der Waals surface area (Å²) in [4.78, 5) is 9.86. The zero-order chi connectivity index (χ0) is 16.8. The highest BCUT2D eigenvalue weighted by atomic mass is 35.5. The van der Waals surface area contributed by atoms with Crippen molar-refractivity contribution in [3.05, 3.63) is 60.7 Å². The van der Waals surface area contributed by atoms with Crippen molar-refractivity contribution in [2.75, 3.05) is 13.1 Å². The normalized spacial score (nSPS) is 10.8. The lowest BCUT2D eigenvalue weighted by Gasteiger charge is -2.22. The summed E-state index contributed by atoms with van der Waals surface area (Å²) in [6, 6.07) is 3.65. The molecule has 0 saturated heterocycles. The average Bonchev–Trinajstić information content (AvgIpc) is 3.26. The van der Waals surface area contributed by atoms with Crippen LogP contribution in [-0.4, -0.2) is 47.5 Å². The first kappa shape index (κ1) is 18.9. The van der Waals surface area contributed by atoms with Gasteiger partial charge in [-0.1, -0.05) is 6.07 Å². The average molecular weight is 370 g/mol. The van der Waals surface area contributed by atoms with Crippen molar-refractivity contribution in [3.63, 3.8) is 0 Å². The van der Waals surface area contributed by atoms with Gasteiger partial charge < -0.3 is 0 Å². The van der Waals surface area contributed by atoms with Gasteiger partial charge in [0.25, 0.3) is 0 Å². The molecule has 134 valence electrons. The minimum absolute atomic E-state index is 0. The fraction of sp³-hybridized carbons (Fsp3) is 0.333. The van der Waals surface area contributed by atoms with E-state index in [4.69, 9.17) is 0 Å². The van der Waals surface area contributed by atoms with Crippen LogP contribution in [0.1, 0.15) is 5.56 Å². The first-order chi connectivity index (χ1) is 11.7. The highest BCUT2D eigenvalue weighted by Gasteiger charge is 2.11. The van der Waals surface area contributed by atoms with Gasteiger partial charge in [-0.25, -0.2) is 18.7 Å². The second-order valence-corrected chi connectivity index (χ2v) is 5.33. The molecule has 0 radical (unpaired) electrons. The van der Waals surface area contributed by atoms with Crippen LogP contribution in [0.25, 0.3) is 0 Å². The third-order valence-corrected chi connectivity index (χ3v) is 3.63. The van der Waals surface area contributed by atoms with E-state index in [1.54, 1.807) is 22.0 Å². The van der Waals surface area contributed by atoms with Crippen LogP contribution in [0.4, 0.5) is 8.78 Å². The molecule has 0 saturated carbocycles. The largest absolute Gasteiger partial charge is 0.295 e. The van der Waals surface area contributed by atoms with Gasteiger partial charge in [0.15, 0.2) is 0 Å². The maximum Gasteiger partial charge on any atom is 0.137 e. The predicted octanol–water partition coefficient (Wildman–Crippen LogP) is 1.77. The number of halogens is 3. The van der Waals surface area contributed by atoms with Crippen LogP contribution in [0, 0.1) is 11.6 Å². The Bertz CT molecular complexity index is 711. The van der Waals surface area contributed by atoms with E-state index in [0.717, 1.165) is 6.07 Å². The van der Waals surface area contributed by atoms with Crippen LogP contribution in [-0.2, 0) is 19.6 Å². The van der Waals surface area contributed by atoms with Crippen molar-refractivity contribution in [2.24, 2.45) is 0 Å². The smallest absolute Gasteiger partial charge is 0.137 e. The molecular formula is C15H18ClF2N7. The van der Waals surface area contributed by atoms with E-state index in [-0.39, 0.29) is 12.4 Å². The van der Waals surface area contributed by atoms with E-state index >= 15 is 0 Å². The summed E-state index contributed by atoms with van der Waals surface area (Å²) in [5, 5.41) is 8.12. The molecule has 10 heteroatoms. The highest BCUT2D eigenvalue weighted by molar-refractivity contribution is 5.85. The zero-order valence-electron chi connectivity index (χ0n) is 13.4. The zero-order valence-corrected chi connectivity index (χ0v) is 14.2. The van der Waals surface area contributed by atoms with E-state index in [1.165, 1.54) is 24.8 Å². The van der Waals surface area contributed by atoms with Crippen LogP contribution in [0.5, 0.6) is 0 Å². The van der Waals surface area contributed by atoms with Gasteiger partial charge in [0, 0.05) is 31.3 Å². The number of benzene rings is 1. The summed E-state index contributed by atoms with van der Waals surface area (Å²) in [5.74, 6) is -1.12. The number of aromatic nitrogens is 6. The lowest BCUT2D eigenvalue weighted by atomic mass is 10.2. The van der Waals surface area contributed by atoms with Crippen molar-refractivity contribution in [1.29, 1.82) is 0 Å². The first-order valence-corrected chi connectivity index (χ1v) is 7.52. The molecule has 0 bridgehead atoms. The molecule has 1 aromatic carbocycles. The van der Waals surface area contributed by atoms with Crippen molar-refractivity contribution >= 4 is 12.4 Å². The third-order valence-electron chi connectivity index (χ3n) is 3.63. The van der Waals surface area contributed by atoms with Gasteiger partial charge in [-0.2, -0.15) is 10.2 Å². The molecule has 2 aromatic heterocycles. The van der Waals surface area contributed by atoms with E-state index in [1.807, 2.05) is 0 Å². The quantitative estimate of drug-likeness (QED) is 0.605. The summed E-state index contributed by atoms with van der Waals surface area (Å²) < 4.78 is 30.4. The fourth-order valence-electron chi connectivity index (χ4n) is 2.34. The SMILES string of the molecule is Cl.Fc1ccc(CN(CCn2cncn2)CCn2cncn2)c(F)c1. The lowest BCUT2D eigenvalue weighted by molar-refractivity contribution is 0.234. The number of rotatable bonds is 8. The van der Waals surface area contributed by atoms with Crippen LogP contribution in [0.2, 0.25) is 0 Å². The monoisotopic (exact) mass is 369 g/mol. The van der Waals surface area contributed by atoms with Gasteiger partial charge in [-0.3, -0.25) is 14.3 Å². The summed E-state index contributed by atoms with van der Waals surface area (Å²) in [6.07, 6.45) is 6.21. The second-order valence-electron chi connectivity index (χ2n) is 5.33. The molecule has 0 amide bonds. The summed E-state index contributed by atoms with van der Waals surface area (Å²) in [5.41, 5.74) is 0.452. The molecule has 0 atom stereocenters. The Hall–Kier alpha value is -2.39. The van der Waals surface area contributed by atoms with Gasteiger partial charge >= 0.3 is 0 Å². The Balaban J connectivity index is 0.00000225. The minimum atomic E-state index is -0.576. The highest BCUT2D eigenvalue weighted by Crippen LogP contribution is 2.12. The molecule has 2 heterocycles. The van der Waals surface area contributed by atoms with Crippen LogP contribution in [0.3, 0.4) is 0 Å². The number of hydrogen-bond acceptors (Lipinski definition) is 5. The number of hydrogen-bond donors (Lipinski definition) is 0. The number of nitrogens with zero attached hydrogens (tertiary/aromatic N) is 7. The van der Waals surface area contributed by atoms with Crippen molar-refractivity contribution in [1.82, 2.24) is 34.4 Å². The Labute approximate surface area is 149 Å². The van der Waals surface area contributed by atoms with Crippen LogP contribution in [0.15, 0.2) is 43.5 Å². The van der Waals surface area contributed by atoms with E-state index in [9.17, 15) is 8.78 Å². The Morgan fingerprint density at radius 3 is 2.00 bits per heavy atom. The minimum Gasteiger partial charge on any atom is -0.295 e. The van der Waals surface area contributed by atoms with Crippen LogP contribution < -0.4 is 0 Å². The Morgan fingerprint density at radius 1 is 0.920 bits per heavy atom. The molecule has 0 fully saturated rings. The molecule has 0 N–H and O–H groups in total. The molecule has 0 spiro atoms. The predicted molar refractivity (Wildman–Crippen MR) is 88.9 cm³/mol. The Morgan fingerprint density at radius 2 is 1.52 bits per heavy atom. The van der Waals surface area contributed by atoms with Gasteiger partial charge in [-0.15, -0.1) is 12.4 Å². The summed E-state index contributed by atoms with van der Waals surface area (Å²) in [6.45, 7) is 2.92. The molecule has 3 aromatic rings. The van der Waals surface area contributed by atoms with Gasteiger partial charge in [0.1, 0.15) is 36.9 Å². The maximum absolute atomic E-state index is 13.9. The summed E-state index contributed by atoms with van der Waals surface area (Å²) >= 11 is 0. The van der Waals surface area contributed by atoms with Crippen molar-refractivity contribution < 1.29 is 8.78 Å². The standard InChI is InChI=1S/C15H17F2N7.ClH/c16-14-2-1-13(15(17)7-14)8-22(3-5-23-11-18-9-20-23)4-6-24-12-19-10-21-24;/h1-2,7,9-12H,3-6,8H2;1H. The molecule has 25 heavy (non-hydrogen) atoms. The molecule has 3 rings (SSSR count). The molecular weight excluding hydrogens is 352 g/mol. The lowest BCUT2D eigenvalue weighted by Crippen LogP contribution is -2.31. The molecule has 7 nitrogen and oxygen atoms in total. The topological polar surface area (TPSA) is 64.7 Å². The first-order valence-electron chi connectivity index (χ1n) is 7.52. The maximum atomic E-state index is 13.9. The molecule has 0 aliphatic rings. The molecule has 0 aliphatic heterocycles. The third kappa shape index (κ3) is 5.57. The van der Waals surface area contributed by atoms with E-state index < -0.39 is 11.6 Å². The fourth-order valence-corrected chi connectivity index (χ4v) is 2.34. The molecule has 0 unspecified atom stereocenters. The van der Waals surface area contributed by atoms with Crippen molar-refractivity contribution in [3.8, 4) is 0 Å².